The van der Waals surface area contributed by atoms with E-state index < -0.39 is 0 Å². The first-order chi connectivity index (χ1) is 16.0. The number of carbonyl (C=O) groups excluding carboxylic acids is 2. The van der Waals surface area contributed by atoms with Crippen LogP contribution in [0, 0.1) is 0 Å². The second kappa shape index (κ2) is 10.3. The van der Waals surface area contributed by atoms with Gasteiger partial charge in [-0.05, 0) is 48.5 Å². The maximum Gasteiger partial charge on any atom is 0.234 e. The highest BCUT2D eigenvalue weighted by molar-refractivity contribution is 7.99. The van der Waals surface area contributed by atoms with Crippen LogP contribution in [0.2, 0.25) is 5.02 Å². The number of benzene rings is 3. The molecule has 3 aromatic carbocycles. The summed E-state index contributed by atoms with van der Waals surface area (Å²) in [6.45, 7) is 1.44. The van der Waals surface area contributed by atoms with Crippen molar-refractivity contribution in [1.29, 1.82) is 0 Å². The summed E-state index contributed by atoms with van der Waals surface area (Å²) < 4.78 is 1.91. The lowest BCUT2D eigenvalue weighted by Crippen LogP contribution is -2.14. The highest BCUT2D eigenvalue weighted by Crippen LogP contribution is 2.28. The molecule has 2 N–H and O–H groups in total. The van der Waals surface area contributed by atoms with Gasteiger partial charge in [0, 0.05) is 34.6 Å². The van der Waals surface area contributed by atoms with Crippen LogP contribution >= 0.6 is 23.4 Å². The number of thioether (sulfide) groups is 1. The van der Waals surface area contributed by atoms with E-state index in [0.717, 1.165) is 11.3 Å². The number of halogens is 1. The Morgan fingerprint density at radius 1 is 0.879 bits per heavy atom. The van der Waals surface area contributed by atoms with Gasteiger partial charge in [-0.1, -0.05) is 53.7 Å². The molecule has 2 amide bonds. The zero-order valence-electron chi connectivity index (χ0n) is 17.7. The predicted octanol–water partition coefficient (Wildman–Crippen LogP) is 5.28. The standard InChI is InChI=1S/C24H20ClN5O2S/c1-16(31)26-19-9-11-20(12-10-19)27-22(32)15-33-24-29-28-23(17-5-3-2-4-6-17)30(24)21-13-7-18(25)8-14-21/h2-14H,15H2,1H3,(H,26,31)(H,27,32). The van der Waals surface area contributed by atoms with Gasteiger partial charge in [-0.3, -0.25) is 14.2 Å². The molecule has 0 bridgehead atoms. The van der Waals surface area contributed by atoms with Crippen molar-refractivity contribution >= 4 is 46.6 Å². The summed E-state index contributed by atoms with van der Waals surface area (Å²) in [7, 11) is 0. The molecule has 7 nitrogen and oxygen atoms in total. The van der Waals surface area contributed by atoms with Gasteiger partial charge in [0.1, 0.15) is 0 Å². The van der Waals surface area contributed by atoms with Crippen LogP contribution in [0.25, 0.3) is 17.1 Å². The maximum atomic E-state index is 12.5. The Morgan fingerprint density at radius 3 is 2.15 bits per heavy atom. The van der Waals surface area contributed by atoms with Gasteiger partial charge in [0.2, 0.25) is 11.8 Å². The normalized spacial score (nSPS) is 10.6. The average molecular weight is 478 g/mol. The minimum atomic E-state index is -0.181. The third-order valence-electron chi connectivity index (χ3n) is 4.57. The topological polar surface area (TPSA) is 88.9 Å². The van der Waals surface area contributed by atoms with Crippen molar-refractivity contribution in [1.82, 2.24) is 14.8 Å². The van der Waals surface area contributed by atoms with E-state index in [4.69, 9.17) is 11.6 Å². The van der Waals surface area contributed by atoms with Gasteiger partial charge in [0.25, 0.3) is 0 Å². The van der Waals surface area contributed by atoms with Crippen molar-refractivity contribution in [2.75, 3.05) is 16.4 Å². The summed E-state index contributed by atoms with van der Waals surface area (Å²) in [6.07, 6.45) is 0. The summed E-state index contributed by atoms with van der Waals surface area (Å²) in [6, 6.07) is 24.0. The van der Waals surface area contributed by atoms with Crippen LogP contribution in [-0.2, 0) is 9.59 Å². The van der Waals surface area contributed by atoms with Crippen molar-refractivity contribution in [2.24, 2.45) is 0 Å². The Labute approximate surface area is 200 Å². The molecule has 1 aromatic heterocycles. The summed E-state index contributed by atoms with van der Waals surface area (Å²) in [4.78, 5) is 23.7. The fraction of sp³-hybridized carbons (Fsp3) is 0.0833. The average Bonchev–Trinajstić information content (AvgIpc) is 3.24. The number of aromatic nitrogens is 3. The quantitative estimate of drug-likeness (QED) is 0.354. The Morgan fingerprint density at radius 2 is 1.52 bits per heavy atom. The monoisotopic (exact) mass is 477 g/mol. The fourth-order valence-corrected chi connectivity index (χ4v) is 4.01. The molecule has 0 fully saturated rings. The molecule has 0 unspecified atom stereocenters. The Kier molecular flexibility index (Phi) is 7.07. The highest BCUT2D eigenvalue weighted by atomic mass is 35.5. The Bertz CT molecular complexity index is 1260. The number of carbonyl (C=O) groups is 2. The van der Waals surface area contributed by atoms with E-state index in [0.29, 0.717) is 27.4 Å². The highest BCUT2D eigenvalue weighted by Gasteiger charge is 2.17. The van der Waals surface area contributed by atoms with Crippen LogP contribution < -0.4 is 10.6 Å². The van der Waals surface area contributed by atoms with E-state index in [9.17, 15) is 9.59 Å². The molecule has 0 atom stereocenters. The van der Waals surface area contributed by atoms with Crippen LogP contribution in [-0.4, -0.2) is 32.3 Å². The van der Waals surface area contributed by atoms with E-state index in [-0.39, 0.29) is 17.6 Å². The third-order valence-corrected chi connectivity index (χ3v) is 5.75. The number of anilines is 2. The molecular formula is C24H20ClN5O2S. The van der Waals surface area contributed by atoms with Gasteiger partial charge >= 0.3 is 0 Å². The van der Waals surface area contributed by atoms with Crippen molar-refractivity contribution in [3.05, 3.63) is 83.9 Å². The van der Waals surface area contributed by atoms with Gasteiger partial charge in [-0.2, -0.15) is 0 Å². The second-order valence-corrected chi connectivity index (χ2v) is 8.46. The molecule has 1 heterocycles. The molecular weight excluding hydrogens is 458 g/mol. The van der Waals surface area contributed by atoms with Gasteiger partial charge in [-0.25, -0.2) is 0 Å². The van der Waals surface area contributed by atoms with Gasteiger partial charge < -0.3 is 10.6 Å². The number of hydrogen-bond acceptors (Lipinski definition) is 5. The van der Waals surface area contributed by atoms with Gasteiger partial charge in [0.05, 0.1) is 5.75 Å². The number of amides is 2. The first kappa shape index (κ1) is 22.6. The van der Waals surface area contributed by atoms with Gasteiger partial charge in [-0.15, -0.1) is 10.2 Å². The summed E-state index contributed by atoms with van der Waals surface area (Å²) in [5.74, 6) is 0.491. The van der Waals surface area contributed by atoms with Crippen LogP contribution in [0.5, 0.6) is 0 Å². The zero-order valence-corrected chi connectivity index (χ0v) is 19.2. The molecule has 9 heteroatoms. The maximum absolute atomic E-state index is 12.5. The van der Waals surface area contributed by atoms with E-state index in [1.807, 2.05) is 47.0 Å². The molecule has 0 aliphatic heterocycles. The number of rotatable bonds is 7. The second-order valence-electron chi connectivity index (χ2n) is 7.08. The van der Waals surface area contributed by atoms with Crippen LogP contribution in [0.3, 0.4) is 0 Å². The first-order valence-corrected chi connectivity index (χ1v) is 11.4. The smallest absolute Gasteiger partial charge is 0.234 e. The number of hydrogen-bond donors (Lipinski definition) is 2. The number of nitrogens with zero attached hydrogens (tertiary/aromatic N) is 3. The summed E-state index contributed by atoms with van der Waals surface area (Å²) in [5.41, 5.74) is 3.06. The van der Waals surface area contributed by atoms with Crippen LogP contribution in [0.1, 0.15) is 6.92 Å². The van der Waals surface area contributed by atoms with Crippen molar-refractivity contribution in [3.8, 4) is 17.1 Å². The zero-order chi connectivity index (χ0) is 23.2. The largest absolute Gasteiger partial charge is 0.326 e. The lowest BCUT2D eigenvalue weighted by atomic mass is 10.2. The van der Waals surface area contributed by atoms with E-state index in [2.05, 4.69) is 20.8 Å². The first-order valence-electron chi connectivity index (χ1n) is 10.1. The van der Waals surface area contributed by atoms with Crippen LogP contribution in [0.15, 0.2) is 84.0 Å². The molecule has 4 aromatic rings. The van der Waals surface area contributed by atoms with E-state index in [1.165, 1.54) is 18.7 Å². The van der Waals surface area contributed by atoms with Crippen molar-refractivity contribution in [2.45, 2.75) is 12.1 Å². The van der Waals surface area contributed by atoms with E-state index in [1.54, 1.807) is 36.4 Å². The molecule has 0 saturated heterocycles. The van der Waals surface area contributed by atoms with Crippen molar-refractivity contribution in [3.63, 3.8) is 0 Å². The Hall–Kier alpha value is -3.62. The molecule has 0 saturated carbocycles. The van der Waals surface area contributed by atoms with Gasteiger partial charge in [0.15, 0.2) is 11.0 Å². The molecule has 0 aliphatic carbocycles. The summed E-state index contributed by atoms with van der Waals surface area (Å²) >= 11 is 7.35. The third kappa shape index (κ3) is 5.79. The lowest BCUT2D eigenvalue weighted by molar-refractivity contribution is -0.114. The predicted molar refractivity (Wildman–Crippen MR) is 132 cm³/mol. The molecule has 33 heavy (non-hydrogen) atoms. The minimum Gasteiger partial charge on any atom is -0.326 e. The summed E-state index contributed by atoms with van der Waals surface area (Å²) in [5, 5.41) is 15.5. The Balaban J connectivity index is 1.51. The fourth-order valence-electron chi connectivity index (χ4n) is 3.13. The molecule has 166 valence electrons. The molecule has 4 rings (SSSR count). The molecule has 0 radical (unpaired) electrons. The van der Waals surface area contributed by atoms with Crippen molar-refractivity contribution < 1.29 is 9.59 Å². The van der Waals surface area contributed by atoms with E-state index >= 15 is 0 Å². The molecule has 0 aliphatic rings. The molecule has 0 spiro atoms. The lowest BCUT2D eigenvalue weighted by Gasteiger charge is -2.11. The minimum absolute atomic E-state index is 0.147. The van der Waals surface area contributed by atoms with Crippen LogP contribution in [0.4, 0.5) is 11.4 Å². The SMILES string of the molecule is CC(=O)Nc1ccc(NC(=O)CSc2nnc(-c3ccccc3)n2-c2ccc(Cl)cc2)cc1. The number of nitrogens with one attached hydrogen (secondary N) is 2.